The summed E-state index contributed by atoms with van der Waals surface area (Å²) in [6.07, 6.45) is -2.76. The van der Waals surface area contributed by atoms with Gasteiger partial charge in [0.15, 0.2) is 5.82 Å². The molecular formula is C20H23F3N6O2. The molecule has 166 valence electrons. The molecule has 0 atom stereocenters. The second kappa shape index (κ2) is 8.96. The summed E-state index contributed by atoms with van der Waals surface area (Å²) in [5, 5.41) is 10.9. The number of ether oxygens (including phenoxy) is 1. The van der Waals surface area contributed by atoms with Gasteiger partial charge in [0.05, 0.1) is 30.7 Å². The van der Waals surface area contributed by atoms with Crippen molar-refractivity contribution in [3.05, 3.63) is 42.1 Å². The summed E-state index contributed by atoms with van der Waals surface area (Å²) in [4.78, 5) is 18.3. The van der Waals surface area contributed by atoms with Gasteiger partial charge in [0.25, 0.3) is 0 Å². The Kier molecular flexibility index (Phi) is 6.12. The van der Waals surface area contributed by atoms with Gasteiger partial charge >= 0.3 is 12.2 Å². The van der Waals surface area contributed by atoms with E-state index in [1.807, 2.05) is 6.07 Å². The largest absolute Gasteiger partial charge is 0.416 e. The predicted molar refractivity (Wildman–Crippen MR) is 109 cm³/mol. The molecule has 1 aromatic heterocycles. The molecular weight excluding hydrogens is 413 g/mol. The van der Waals surface area contributed by atoms with E-state index in [1.165, 1.54) is 12.1 Å². The van der Waals surface area contributed by atoms with Crippen LogP contribution >= 0.6 is 0 Å². The summed E-state index contributed by atoms with van der Waals surface area (Å²) in [7, 11) is 0. The number of anilines is 3. The number of nitrogens with zero attached hydrogens (tertiary/aromatic N) is 5. The Morgan fingerprint density at radius 1 is 1.00 bits per heavy atom. The van der Waals surface area contributed by atoms with Crippen LogP contribution in [0.2, 0.25) is 0 Å². The molecule has 0 radical (unpaired) electrons. The van der Waals surface area contributed by atoms with Gasteiger partial charge in [-0.15, -0.1) is 5.10 Å². The Morgan fingerprint density at radius 2 is 1.74 bits per heavy atom. The molecule has 0 bridgehead atoms. The first-order valence-electron chi connectivity index (χ1n) is 10.0. The van der Waals surface area contributed by atoms with Crippen LogP contribution in [0.3, 0.4) is 0 Å². The SMILES string of the molecule is O=C(Nc1cccc(C(F)(F)F)c1)N1CCN(c2cnnc(N3CCOCC3)c2)CC1. The molecule has 8 nitrogen and oxygen atoms in total. The normalized spacial score (nSPS) is 17.6. The fraction of sp³-hybridized carbons (Fsp3) is 0.450. The standard InChI is InChI=1S/C20H23F3N6O2/c21-20(22,23)15-2-1-3-16(12-15)25-19(30)29-6-4-27(5-7-29)17-13-18(26-24-14-17)28-8-10-31-11-9-28/h1-3,12-14H,4-11H2,(H,25,30). The molecule has 2 fully saturated rings. The maximum atomic E-state index is 12.9. The van der Waals surface area contributed by atoms with E-state index in [1.54, 1.807) is 11.1 Å². The van der Waals surface area contributed by atoms with Gasteiger partial charge in [-0.2, -0.15) is 18.3 Å². The van der Waals surface area contributed by atoms with E-state index in [0.717, 1.165) is 36.7 Å². The molecule has 2 aromatic rings. The van der Waals surface area contributed by atoms with Gasteiger partial charge in [-0.25, -0.2) is 4.79 Å². The maximum absolute atomic E-state index is 12.9. The van der Waals surface area contributed by atoms with E-state index in [9.17, 15) is 18.0 Å². The van der Waals surface area contributed by atoms with E-state index < -0.39 is 17.8 Å². The summed E-state index contributed by atoms with van der Waals surface area (Å²) in [5.41, 5.74) is 0.251. The van der Waals surface area contributed by atoms with Crippen molar-refractivity contribution in [3.63, 3.8) is 0 Å². The van der Waals surface area contributed by atoms with Crippen LogP contribution in [0.1, 0.15) is 5.56 Å². The van der Waals surface area contributed by atoms with Gasteiger partial charge in [0.1, 0.15) is 0 Å². The average Bonchev–Trinajstić information content (AvgIpc) is 2.79. The van der Waals surface area contributed by atoms with Gasteiger partial charge in [0, 0.05) is 51.0 Å². The first kappa shape index (κ1) is 21.2. The Morgan fingerprint density at radius 3 is 2.45 bits per heavy atom. The van der Waals surface area contributed by atoms with Crippen LogP contribution in [0.4, 0.5) is 35.2 Å². The fourth-order valence-electron chi connectivity index (χ4n) is 3.61. The van der Waals surface area contributed by atoms with Gasteiger partial charge in [-0.3, -0.25) is 0 Å². The topological polar surface area (TPSA) is 73.8 Å². The molecule has 4 rings (SSSR count). The number of amides is 2. The van der Waals surface area contributed by atoms with Crippen molar-refractivity contribution in [2.24, 2.45) is 0 Å². The number of nitrogens with one attached hydrogen (secondary N) is 1. The number of alkyl halides is 3. The van der Waals surface area contributed by atoms with Crippen LogP contribution in [-0.2, 0) is 10.9 Å². The molecule has 2 amide bonds. The van der Waals surface area contributed by atoms with Crippen LogP contribution in [0, 0.1) is 0 Å². The number of piperazine rings is 1. The van der Waals surface area contributed by atoms with E-state index >= 15 is 0 Å². The smallest absolute Gasteiger partial charge is 0.378 e. The Bertz CT molecular complexity index is 912. The lowest BCUT2D eigenvalue weighted by atomic mass is 10.2. The summed E-state index contributed by atoms with van der Waals surface area (Å²) in [6.45, 7) is 4.91. The van der Waals surface area contributed by atoms with Crippen molar-refractivity contribution in [3.8, 4) is 0 Å². The monoisotopic (exact) mass is 436 g/mol. The van der Waals surface area contributed by atoms with E-state index in [-0.39, 0.29) is 5.69 Å². The fourth-order valence-corrected chi connectivity index (χ4v) is 3.61. The molecule has 31 heavy (non-hydrogen) atoms. The lowest BCUT2D eigenvalue weighted by Gasteiger charge is -2.36. The van der Waals surface area contributed by atoms with Gasteiger partial charge in [-0.1, -0.05) is 6.07 Å². The zero-order valence-electron chi connectivity index (χ0n) is 16.8. The molecule has 2 saturated heterocycles. The third kappa shape index (κ3) is 5.16. The van der Waals surface area contributed by atoms with Crippen LogP contribution in [0.15, 0.2) is 36.5 Å². The third-order valence-electron chi connectivity index (χ3n) is 5.34. The minimum atomic E-state index is -4.45. The van der Waals surface area contributed by atoms with Crippen LogP contribution in [-0.4, -0.2) is 73.6 Å². The molecule has 2 aliphatic heterocycles. The molecule has 0 saturated carbocycles. The molecule has 0 spiro atoms. The number of rotatable bonds is 3. The minimum Gasteiger partial charge on any atom is -0.378 e. The Balaban J connectivity index is 1.34. The highest BCUT2D eigenvalue weighted by atomic mass is 19.4. The number of urea groups is 1. The number of hydrogen-bond donors (Lipinski definition) is 1. The van der Waals surface area contributed by atoms with Crippen molar-refractivity contribution in [1.82, 2.24) is 15.1 Å². The molecule has 3 heterocycles. The number of hydrogen-bond acceptors (Lipinski definition) is 6. The highest BCUT2D eigenvalue weighted by Crippen LogP contribution is 2.30. The molecule has 1 aromatic carbocycles. The number of benzene rings is 1. The molecule has 2 aliphatic rings. The summed E-state index contributed by atoms with van der Waals surface area (Å²) in [6, 6.07) is 6.20. The summed E-state index contributed by atoms with van der Waals surface area (Å²) >= 11 is 0. The zero-order valence-corrected chi connectivity index (χ0v) is 16.8. The quantitative estimate of drug-likeness (QED) is 0.798. The lowest BCUT2D eigenvalue weighted by molar-refractivity contribution is -0.137. The second-order valence-corrected chi connectivity index (χ2v) is 7.35. The lowest BCUT2D eigenvalue weighted by Crippen LogP contribution is -2.50. The molecule has 0 unspecified atom stereocenters. The van der Waals surface area contributed by atoms with Crippen LogP contribution < -0.4 is 15.1 Å². The van der Waals surface area contributed by atoms with Crippen molar-refractivity contribution < 1.29 is 22.7 Å². The van der Waals surface area contributed by atoms with Crippen LogP contribution in [0.25, 0.3) is 0 Å². The van der Waals surface area contributed by atoms with Crippen molar-refractivity contribution in [2.75, 3.05) is 67.6 Å². The Labute approximate surface area is 177 Å². The minimum absolute atomic E-state index is 0.121. The maximum Gasteiger partial charge on any atom is 0.416 e. The highest BCUT2D eigenvalue weighted by molar-refractivity contribution is 5.89. The molecule has 1 N–H and O–H groups in total. The van der Waals surface area contributed by atoms with Crippen molar-refractivity contribution in [1.29, 1.82) is 0 Å². The first-order valence-corrected chi connectivity index (χ1v) is 10.0. The molecule has 11 heteroatoms. The van der Waals surface area contributed by atoms with Crippen molar-refractivity contribution >= 4 is 23.2 Å². The summed E-state index contributed by atoms with van der Waals surface area (Å²) < 4.78 is 44.0. The van der Waals surface area contributed by atoms with Gasteiger partial charge in [0.2, 0.25) is 0 Å². The second-order valence-electron chi connectivity index (χ2n) is 7.35. The van der Waals surface area contributed by atoms with E-state index in [2.05, 4.69) is 25.3 Å². The van der Waals surface area contributed by atoms with Gasteiger partial charge < -0.3 is 24.8 Å². The zero-order chi connectivity index (χ0) is 21.8. The first-order chi connectivity index (χ1) is 14.9. The highest BCUT2D eigenvalue weighted by Gasteiger charge is 2.31. The third-order valence-corrected chi connectivity index (χ3v) is 5.34. The number of carbonyl (C=O) groups excluding carboxylic acids is 1. The Hall–Kier alpha value is -3.08. The number of aromatic nitrogens is 2. The number of halogens is 3. The van der Waals surface area contributed by atoms with E-state index in [4.69, 9.17) is 4.74 Å². The number of carbonyl (C=O) groups is 1. The predicted octanol–water partition coefficient (Wildman–Crippen LogP) is 2.69. The molecule has 0 aliphatic carbocycles. The van der Waals surface area contributed by atoms with Gasteiger partial charge in [-0.05, 0) is 18.2 Å². The van der Waals surface area contributed by atoms with E-state index in [0.29, 0.717) is 39.4 Å². The average molecular weight is 436 g/mol. The van der Waals surface area contributed by atoms with Crippen molar-refractivity contribution in [2.45, 2.75) is 6.18 Å². The summed E-state index contributed by atoms with van der Waals surface area (Å²) in [5.74, 6) is 0.797. The number of morpholine rings is 1. The van der Waals surface area contributed by atoms with Crippen LogP contribution in [0.5, 0.6) is 0 Å².